The minimum Gasteiger partial charge on any atom is -0.481 e. The van der Waals surface area contributed by atoms with Gasteiger partial charge in [-0.15, -0.1) is 12.4 Å². The molecule has 1 heterocycles. The number of benzene rings is 3. The Balaban J connectivity index is 0.00000420. The molecule has 0 spiro atoms. The van der Waals surface area contributed by atoms with Gasteiger partial charge in [0.15, 0.2) is 0 Å². The number of carbonyl (C=O) groups is 1. The van der Waals surface area contributed by atoms with E-state index in [9.17, 15) is 9.90 Å². The highest BCUT2D eigenvalue weighted by Gasteiger charge is 2.45. The summed E-state index contributed by atoms with van der Waals surface area (Å²) in [5, 5.41) is 11.2. The molecule has 0 amide bonds. The zero-order chi connectivity index (χ0) is 27.3. The summed E-state index contributed by atoms with van der Waals surface area (Å²) in [6.45, 7) is 8.65. The Morgan fingerprint density at radius 1 is 0.872 bits per heavy atom. The SMILES string of the molecule is Cc1ccc(-c2c(CN)c(CC(C)C)nc(C)c2C(Cc2ccccc2)(Cc2ccccc2)C(=O)O)cc1.Cl. The molecule has 5 heteroatoms. The molecule has 0 saturated heterocycles. The van der Waals surface area contributed by atoms with Crippen molar-refractivity contribution in [3.05, 3.63) is 124 Å². The predicted molar refractivity (Wildman–Crippen MR) is 162 cm³/mol. The van der Waals surface area contributed by atoms with Crippen molar-refractivity contribution in [3.8, 4) is 11.1 Å². The molecule has 4 rings (SSSR count). The fourth-order valence-electron chi connectivity index (χ4n) is 5.59. The molecule has 0 unspecified atom stereocenters. The number of pyridine rings is 1. The van der Waals surface area contributed by atoms with E-state index >= 15 is 0 Å². The van der Waals surface area contributed by atoms with Gasteiger partial charge in [-0.1, -0.05) is 104 Å². The van der Waals surface area contributed by atoms with Gasteiger partial charge in [0, 0.05) is 17.9 Å². The topological polar surface area (TPSA) is 76.2 Å². The molecule has 3 N–H and O–H groups in total. The molecule has 4 aromatic rings. The highest BCUT2D eigenvalue weighted by molar-refractivity contribution is 5.88. The third-order valence-corrected chi connectivity index (χ3v) is 7.30. The van der Waals surface area contributed by atoms with E-state index < -0.39 is 11.4 Å². The van der Waals surface area contributed by atoms with Crippen LogP contribution in [0.2, 0.25) is 0 Å². The van der Waals surface area contributed by atoms with E-state index in [4.69, 9.17) is 10.7 Å². The Morgan fingerprint density at radius 2 is 1.38 bits per heavy atom. The molecular weight excluding hydrogens is 504 g/mol. The Labute approximate surface area is 238 Å². The quantitative estimate of drug-likeness (QED) is 0.221. The molecular formula is C34H39ClN2O2. The summed E-state index contributed by atoms with van der Waals surface area (Å²) in [5.74, 6) is -0.468. The third-order valence-electron chi connectivity index (χ3n) is 7.30. The van der Waals surface area contributed by atoms with Crippen molar-refractivity contribution >= 4 is 18.4 Å². The van der Waals surface area contributed by atoms with Crippen LogP contribution in [0.3, 0.4) is 0 Å². The molecule has 0 aliphatic rings. The Kier molecular flexibility index (Phi) is 10.1. The number of rotatable bonds is 10. The van der Waals surface area contributed by atoms with Crippen molar-refractivity contribution in [1.29, 1.82) is 0 Å². The van der Waals surface area contributed by atoms with Gasteiger partial charge in [-0.25, -0.2) is 0 Å². The van der Waals surface area contributed by atoms with Crippen molar-refractivity contribution in [2.75, 3.05) is 0 Å². The van der Waals surface area contributed by atoms with Crippen LogP contribution >= 0.6 is 12.4 Å². The fourth-order valence-corrected chi connectivity index (χ4v) is 5.59. The first kappa shape index (κ1) is 30.1. The third kappa shape index (κ3) is 6.58. The van der Waals surface area contributed by atoms with E-state index in [2.05, 4.69) is 45.0 Å². The Morgan fingerprint density at radius 3 is 1.82 bits per heavy atom. The van der Waals surface area contributed by atoms with Crippen molar-refractivity contribution in [2.24, 2.45) is 11.7 Å². The second-order valence-electron chi connectivity index (χ2n) is 10.8. The summed E-state index contributed by atoms with van der Waals surface area (Å²) < 4.78 is 0. The molecule has 204 valence electrons. The van der Waals surface area contributed by atoms with E-state index in [1.54, 1.807) is 0 Å². The van der Waals surface area contributed by atoms with Crippen LogP contribution in [0.5, 0.6) is 0 Å². The minimum atomic E-state index is -1.25. The maximum absolute atomic E-state index is 13.6. The monoisotopic (exact) mass is 542 g/mol. The summed E-state index contributed by atoms with van der Waals surface area (Å²) >= 11 is 0. The molecule has 0 atom stereocenters. The summed E-state index contributed by atoms with van der Waals surface area (Å²) in [7, 11) is 0. The highest BCUT2D eigenvalue weighted by atomic mass is 35.5. The molecule has 0 fully saturated rings. The normalized spacial score (nSPS) is 11.3. The average molecular weight is 543 g/mol. The second-order valence-corrected chi connectivity index (χ2v) is 10.8. The number of nitrogens with two attached hydrogens (primary N) is 1. The highest BCUT2D eigenvalue weighted by Crippen LogP contribution is 2.43. The van der Waals surface area contributed by atoms with Gasteiger partial charge in [-0.3, -0.25) is 9.78 Å². The number of carboxylic acid groups (broad SMARTS) is 1. The van der Waals surface area contributed by atoms with Crippen LogP contribution in [-0.2, 0) is 36.0 Å². The van der Waals surface area contributed by atoms with Gasteiger partial charge in [-0.2, -0.15) is 0 Å². The lowest BCUT2D eigenvalue weighted by atomic mass is 9.67. The van der Waals surface area contributed by atoms with Crippen molar-refractivity contribution < 1.29 is 9.90 Å². The number of hydrogen-bond acceptors (Lipinski definition) is 3. The lowest BCUT2D eigenvalue weighted by Crippen LogP contribution is -2.42. The molecule has 0 aliphatic heterocycles. The number of halogens is 1. The van der Waals surface area contributed by atoms with Gasteiger partial charge in [-0.05, 0) is 72.4 Å². The predicted octanol–water partition coefficient (Wildman–Crippen LogP) is 7.25. The average Bonchev–Trinajstić information content (AvgIpc) is 2.89. The van der Waals surface area contributed by atoms with Crippen LogP contribution in [0.15, 0.2) is 84.9 Å². The lowest BCUT2D eigenvalue weighted by Gasteiger charge is -2.35. The van der Waals surface area contributed by atoms with Crippen LogP contribution in [0.4, 0.5) is 0 Å². The van der Waals surface area contributed by atoms with Crippen LogP contribution in [-0.4, -0.2) is 16.1 Å². The smallest absolute Gasteiger partial charge is 0.314 e. The van der Waals surface area contributed by atoms with E-state index in [0.29, 0.717) is 18.8 Å². The van der Waals surface area contributed by atoms with Crippen molar-refractivity contribution in [3.63, 3.8) is 0 Å². The summed E-state index contributed by atoms with van der Waals surface area (Å²) in [4.78, 5) is 18.7. The number of aryl methyl sites for hydroxylation is 2. The second kappa shape index (κ2) is 13.1. The van der Waals surface area contributed by atoms with Gasteiger partial charge >= 0.3 is 5.97 Å². The van der Waals surface area contributed by atoms with Crippen LogP contribution in [0.25, 0.3) is 11.1 Å². The number of nitrogens with zero attached hydrogens (tertiary/aromatic N) is 1. The number of carboxylic acids is 1. The zero-order valence-corrected chi connectivity index (χ0v) is 24.1. The molecule has 4 nitrogen and oxygen atoms in total. The lowest BCUT2D eigenvalue weighted by molar-refractivity contribution is -0.144. The van der Waals surface area contributed by atoms with Crippen LogP contribution in [0, 0.1) is 19.8 Å². The van der Waals surface area contributed by atoms with E-state index in [0.717, 1.165) is 56.8 Å². The summed E-state index contributed by atoms with van der Waals surface area (Å²) in [6.07, 6.45) is 1.46. The summed E-state index contributed by atoms with van der Waals surface area (Å²) in [6, 6.07) is 28.1. The number of aliphatic carboxylic acids is 1. The maximum Gasteiger partial charge on any atom is 0.314 e. The minimum absolute atomic E-state index is 0. The van der Waals surface area contributed by atoms with E-state index in [-0.39, 0.29) is 19.0 Å². The van der Waals surface area contributed by atoms with E-state index in [1.165, 1.54) is 0 Å². The maximum atomic E-state index is 13.6. The first-order valence-corrected chi connectivity index (χ1v) is 13.4. The zero-order valence-electron chi connectivity index (χ0n) is 23.3. The van der Waals surface area contributed by atoms with Crippen molar-refractivity contribution in [2.45, 2.75) is 58.9 Å². The van der Waals surface area contributed by atoms with E-state index in [1.807, 2.05) is 67.6 Å². The standard InChI is InChI=1S/C34H38N2O2.ClH/c1-23(2)19-30-29(22-35)31(28-17-15-24(3)16-18-28)32(25(4)36-30)34(33(37)38,20-26-11-7-5-8-12-26)21-27-13-9-6-10-14-27;/h5-18,23H,19-22,35H2,1-4H3,(H,37,38);1H. The summed E-state index contributed by atoms with van der Waals surface area (Å²) in [5.41, 5.74) is 13.6. The molecule has 0 saturated carbocycles. The molecule has 39 heavy (non-hydrogen) atoms. The van der Waals surface area contributed by atoms with Gasteiger partial charge < -0.3 is 10.8 Å². The molecule has 0 radical (unpaired) electrons. The van der Waals surface area contributed by atoms with Crippen molar-refractivity contribution in [1.82, 2.24) is 4.98 Å². The first-order chi connectivity index (χ1) is 18.2. The van der Waals surface area contributed by atoms with Crippen LogP contribution in [0.1, 0.15) is 53.1 Å². The number of hydrogen-bond donors (Lipinski definition) is 2. The number of aromatic nitrogens is 1. The van der Waals surface area contributed by atoms with Gasteiger partial charge in [0.1, 0.15) is 5.41 Å². The Hall–Kier alpha value is -3.47. The molecule has 1 aromatic heterocycles. The first-order valence-electron chi connectivity index (χ1n) is 13.4. The van der Waals surface area contributed by atoms with Gasteiger partial charge in [0.25, 0.3) is 0 Å². The molecule has 0 bridgehead atoms. The van der Waals surface area contributed by atoms with Gasteiger partial charge in [0.2, 0.25) is 0 Å². The molecule has 0 aliphatic carbocycles. The Bertz CT molecular complexity index is 1340. The van der Waals surface area contributed by atoms with Gasteiger partial charge in [0.05, 0.1) is 0 Å². The van der Waals surface area contributed by atoms with Crippen LogP contribution < -0.4 is 5.73 Å². The molecule has 3 aromatic carbocycles. The largest absolute Gasteiger partial charge is 0.481 e. The fraction of sp³-hybridized carbons (Fsp3) is 0.294.